The number of carbonyl (C=O) groups is 3. The quantitative estimate of drug-likeness (QED) is 0.121. The van der Waals surface area contributed by atoms with Gasteiger partial charge in [0.25, 0.3) is 7.41 Å². The molecule has 0 saturated heterocycles. The molecular weight excluding hydrogens is 519 g/mol. The molecule has 5 unspecified atom stereocenters. The van der Waals surface area contributed by atoms with Crippen LogP contribution in [0.4, 0.5) is 0 Å². The summed E-state index contributed by atoms with van der Waals surface area (Å²) in [5.41, 5.74) is -1.89. The Hall–Kier alpha value is -1.01. The maximum Gasteiger partial charge on any atom is 0.296 e. The standard InChI is InChI=1S/C36H70BN2O3/c1-16-26(9)24-30(31(41)29(17-2)18-3)33(12,13)25-27(10)39(23-8)36(21-6,22-7)34(14,19-4)32(42)37-38-35(15,20-5)28(11)40/h26-27,29-30,38H,16-25H2,1-15H3. The summed E-state index contributed by atoms with van der Waals surface area (Å²) in [7, 11) is 1.59. The highest BCUT2D eigenvalue weighted by Crippen LogP contribution is 2.48. The Kier molecular flexibility index (Phi) is 17.1. The van der Waals surface area contributed by atoms with Gasteiger partial charge in [-0.2, -0.15) is 0 Å². The zero-order valence-electron chi connectivity index (χ0n) is 30.6. The second-order valence-electron chi connectivity index (χ2n) is 14.4. The topological polar surface area (TPSA) is 66.5 Å². The van der Waals surface area contributed by atoms with Crippen LogP contribution in [0, 0.1) is 28.6 Å². The van der Waals surface area contributed by atoms with Gasteiger partial charge in [0.05, 0.1) is 5.54 Å². The van der Waals surface area contributed by atoms with E-state index in [1.807, 2.05) is 13.8 Å². The lowest BCUT2D eigenvalue weighted by molar-refractivity contribution is -0.137. The van der Waals surface area contributed by atoms with E-state index in [1.54, 1.807) is 14.3 Å². The van der Waals surface area contributed by atoms with Crippen molar-refractivity contribution in [3.8, 4) is 0 Å². The number of ketones is 2. The van der Waals surface area contributed by atoms with Gasteiger partial charge in [-0.25, -0.2) is 0 Å². The first-order chi connectivity index (χ1) is 19.4. The van der Waals surface area contributed by atoms with E-state index >= 15 is 0 Å². The summed E-state index contributed by atoms with van der Waals surface area (Å²) in [6, 6.07) is 0.184. The molecule has 0 fully saturated rings. The van der Waals surface area contributed by atoms with Crippen LogP contribution in [0.15, 0.2) is 0 Å². The minimum atomic E-state index is -0.751. The van der Waals surface area contributed by atoms with Crippen LogP contribution in [-0.4, -0.2) is 53.2 Å². The third-order valence-electron chi connectivity index (χ3n) is 11.7. The fourth-order valence-electron chi connectivity index (χ4n) is 7.74. The van der Waals surface area contributed by atoms with E-state index in [0.29, 0.717) is 24.5 Å². The van der Waals surface area contributed by atoms with Crippen LogP contribution < -0.4 is 5.23 Å². The predicted molar refractivity (Wildman–Crippen MR) is 182 cm³/mol. The molecule has 0 aliphatic rings. The van der Waals surface area contributed by atoms with Crippen LogP contribution in [-0.2, 0) is 14.4 Å². The average molecular weight is 590 g/mol. The van der Waals surface area contributed by atoms with Crippen molar-refractivity contribution in [3.05, 3.63) is 0 Å². The Morgan fingerprint density at radius 1 is 0.786 bits per heavy atom. The van der Waals surface area contributed by atoms with Crippen molar-refractivity contribution in [1.29, 1.82) is 0 Å². The number of hydrogen-bond donors (Lipinski definition) is 1. The molecule has 0 bridgehead atoms. The summed E-state index contributed by atoms with van der Waals surface area (Å²) >= 11 is 0. The van der Waals surface area contributed by atoms with Gasteiger partial charge in [0, 0.05) is 28.8 Å². The molecule has 0 rings (SSSR count). The molecule has 0 aliphatic carbocycles. The highest BCUT2D eigenvalue weighted by atomic mass is 16.1. The van der Waals surface area contributed by atoms with Crippen molar-refractivity contribution in [2.45, 2.75) is 179 Å². The van der Waals surface area contributed by atoms with Gasteiger partial charge < -0.3 is 10.0 Å². The second-order valence-corrected chi connectivity index (χ2v) is 14.4. The molecule has 5 atom stereocenters. The van der Waals surface area contributed by atoms with Crippen LogP contribution in [0.2, 0.25) is 0 Å². The summed E-state index contributed by atoms with van der Waals surface area (Å²) in [5.74, 6) is 1.12. The molecule has 42 heavy (non-hydrogen) atoms. The monoisotopic (exact) mass is 590 g/mol. The van der Waals surface area contributed by atoms with Crippen LogP contribution in [0.3, 0.4) is 0 Å². The van der Waals surface area contributed by atoms with E-state index in [-0.39, 0.29) is 40.3 Å². The van der Waals surface area contributed by atoms with Crippen LogP contribution >= 0.6 is 0 Å². The molecule has 0 amide bonds. The van der Waals surface area contributed by atoms with E-state index in [4.69, 9.17) is 0 Å². The number of rotatable bonds is 23. The number of carbonyl (C=O) groups excluding carboxylic acids is 3. The number of Topliss-reactive ketones (excluding diaryl/α,β-unsaturated/α-hetero) is 2. The van der Waals surface area contributed by atoms with Crippen molar-refractivity contribution < 1.29 is 14.4 Å². The van der Waals surface area contributed by atoms with Crippen molar-refractivity contribution in [3.63, 3.8) is 0 Å². The minimum Gasteiger partial charge on any atom is -0.342 e. The first kappa shape index (κ1) is 41.0. The molecule has 5 nitrogen and oxygen atoms in total. The molecule has 0 aromatic heterocycles. The molecule has 6 heteroatoms. The Bertz CT molecular complexity index is 851. The highest BCUT2D eigenvalue weighted by molar-refractivity contribution is 6.73. The van der Waals surface area contributed by atoms with Crippen molar-refractivity contribution in [2.75, 3.05) is 6.54 Å². The fourth-order valence-corrected chi connectivity index (χ4v) is 7.74. The molecule has 1 N–H and O–H groups in total. The van der Waals surface area contributed by atoms with Gasteiger partial charge in [-0.1, -0.05) is 89.5 Å². The normalized spacial score (nSPS) is 17.8. The maximum atomic E-state index is 14.2. The van der Waals surface area contributed by atoms with E-state index in [9.17, 15) is 14.4 Å². The van der Waals surface area contributed by atoms with Crippen molar-refractivity contribution in [2.24, 2.45) is 28.6 Å². The Labute approximate surface area is 262 Å². The van der Waals surface area contributed by atoms with Crippen LogP contribution in [0.5, 0.6) is 0 Å². The summed E-state index contributed by atoms with van der Waals surface area (Å²) in [6.45, 7) is 32.8. The summed E-state index contributed by atoms with van der Waals surface area (Å²) in [4.78, 5) is 43.1. The Morgan fingerprint density at radius 2 is 1.31 bits per heavy atom. The smallest absolute Gasteiger partial charge is 0.296 e. The molecule has 245 valence electrons. The summed E-state index contributed by atoms with van der Waals surface area (Å²) in [5, 5.41) is 3.22. The lowest BCUT2D eigenvalue weighted by Gasteiger charge is -2.57. The molecule has 0 heterocycles. The number of nitrogens with zero attached hydrogens (tertiary/aromatic N) is 1. The molecule has 1 radical (unpaired) electrons. The van der Waals surface area contributed by atoms with Gasteiger partial charge in [0.1, 0.15) is 17.2 Å². The van der Waals surface area contributed by atoms with E-state index in [2.05, 4.69) is 93.2 Å². The van der Waals surface area contributed by atoms with Crippen LogP contribution in [0.1, 0.15) is 162 Å². The molecule has 0 aromatic rings. The molecule has 0 saturated carbocycles. The second kappa shape index (κ2) is 17.5. The lowest BCUT2D eigenvalue weighted by Crippen LogP contribution is -2.66. The number of hydrogen-bond acceptors (Lipinski definition) is 5. The number of nitrogens with one attached hydrogen (secondary N) is 1. The first-order valence-corrected chi connectivity index (χ1v) is 17.4. The van der Waals surface area contributed by atoms with Gasteiger partial charge >= 0.3 is 0 Å². The molecule has 0 spiro atoms. The largest absolute Gasteiger partial charge is 0.342 e. The van der Waals surface area contributed by atoms with E-state index in [1.165, 1.54) is 0 Å². The summed E-state index contributed by atoms with van der Waals surface area (Å²) in [6.07, 6.45) is 7.70. The third kappa shape index (κ3) is 9.02. The molecular formula is C36H70BN2O3. The Morgan fingerprint density at radius 3 is 1.67 bits per heavy atom. The Balaban J connectivity index is 6.59. The van der Waals surface area contributed by atoms with Gasteiger partial charge in [0.15, 0.2) is 0 Å². The molecule has 0 aromatic carbocycles. The highest BCUT2D eigenvalue weighted by Gasteiger charge is 2.54. The zero-order valence-corrected chi connectivity index (χ0v) is 30.6. The van der Waals surface area contributed by atoms with Crippen molar-refractivity contribution >= 4 is 24.7 Å². The van der Waals surface area contributed by atoms with Gasteiger partial charge in [-0.3, -0.25) is 14.5 Å². The minimum absolute atomic E-state index is 0.0196. The van der Waals surface area contributed by atoms with Gasteiger partial charge in [-0.05, 0) is 90.0 Å². The van der Waals surface area contributed by atoms with Gasteiger partial charge in [0.2, 0.25) is 0 Å². The third-order valence-corrected chi connectivity index (χ3v) is 11.7. The SMILES string of the molecule is CCC(C)CC(C(=O)C(CC)CC)C(C)(C)CC(C)N(CC)C(CC)(CC)C(C)(CC)C(=O)[B]NC(C)(CC)C(C)=O. The van der Waals surface area contributed by atoms with Crippen LogP contribution in [0.25, 0.3) is 0 Å². The van der Waals surface area contributed by atoms with Crippen molar-refractivity contribution in [1.82, 2.24) is 10.1 Å². The average Bonchev–Trinajstić information content (AvgIpc) is 2.96. The maximum absolute atomic E-state index is 14.2. The fraction of sp³-hybridized carbons (Fsp3) is 0.917. The lowest BCUT2D eigenvalue weighted by atomic mass is 9.55. The van der Waals surface area contributed by atoms with Gasteiger partial charge in [-0.15, -0.1) is 0 Å². The van der Waals surface area contributed by atoms with E-state index < -0.39 is 11.0 Å². The van der Waals surface area contributed by atoms with E-state index in [0.717, 1.165) is 51.5 Å². The predicted octanol–water partition coefficient (Wildman–Crippen LogP) is 8.64. The molecule has 0 aliphatic heterocycles. The zero-order chi connectivity index (χ0) is 33.1. The first-order valence-electron chi connectivity index (χ1n) is 17.4. The summed E-state index contributed by atoms with van der Waals surface area (Å²) < 4.78 is 0.